The molecular formula is C22H24N4O3. The fourth-order valence-electron chi connectivity index (χ4n) is 2.84. The normalized spacial score (nSPS) is 10.3. The van der Waals surface area contributed by atoms with Crippen LogP contribution in [-0.2, 0) is 13.1 Å². The highest BCUT2D eigenvalue weighted by molar-refractivity contribution is 5.92. The zero-order chi connectivity index (χ0) is 20.6. The molecule has 0 atom stereocenters. The SMILES string of the molecule is COc1ccc(CNC(=O)c2cnc(N(C)Cc3ccccc3)cn2)cc1OC. The second kappa shape index (κ2) is 9.54. The van der Waals surface area contributed by atoms with Crippen molar-refractivity contribution in [1.29, 1.82) is 0 Å². The van der Waals surface area contributed by atoms with Crippen molar-refractivity contribution in [3.05, 3.63) is 77.7 Å². The van der Waals surface area contributed by atoms with E-state index < -0.39 is 0 Å². The molecule has 7 nitrogen and oxygen atoms in total. The van der Waals surface area contributed by atoms with Crippen LogP contribution in [0.25, 0.3) is 0 Å². The summed E-state index contributed by atoms with van der Waals surface area (Å²) in [5.74, 6) is 1.67. The maximum absolute atomic E-state index is 12.4. The first-order valence-electron chi connectivity index (χ1n) is 9.17. The number of ether oxygens (including phenoxy) is 2. The van der Waals surface area contributed by atoms with E-state index >= 15 is 0 Å². The average Bonchev–Trinajstić information content (AvgIpc) is 2.78. The minimum absolute atomic E-state index is 0.266. The molecule has 2 aromatic carbocycles. The number of aromatic nitrogens is 2. The van der Waals surface area contributed by atoms with Crippen LogP contribution in [-0.4, -0.2) is 37.1 Å². The molecule has 0 radical (unpaired) electrons. The van der Waals surface area contributed by atoms with Gasteiger partial charge in [0, 0.05) is 20.1 Å². The minimum atomic E-state index is -0.287. The van der Waals surface area contributed by atoms with Crippen LogP contribution >= 0.6 is 0 Å². The number of methoxy groups -OCH3 is 2. The topological polar surface area (TPSA) is 76.6 Å². The molecule has 1 N–H and O–H groups in total. The van der Waals surface area contributed by atoms with Crippen molar-refractivity contribution >= 4 is 11.7 Å². The molecular weight excluding hydrogens is 368 g/mol. The second-order valence-electron chi connectivity index (χ2n) is 6.47. The first-order valence-corrected chi connectivity index (χ1v) is 9.17. The highest BCUT2D eigenvalue weighted by atomic mass is 16.5. The van der Waals surface area contributed by atoms with Gasteiger partial charge in [-0.15, -0.1) is 0 Å². The first-order chi connectivity index (χ1) is 14.1. The number of carbonyl (C=O) groups is 1. The van der Waals surface area contributed by atoms with E-state index in [-0.39, 0.29) is 11.6 Å². The third kappa shape index (κ3) is 5.22. The summed E-state index contributed by atoms with van der Waals surface area (Å²) < 4.78 is 10.5. The second-order valence-corrected chi connectivity index (χ2v) is 6.47. The van der Waals surface area contributed by atoms with Crippen LogP contribution in [0, 0.1) is 0 Å². The highest BCUT2D eigenvalue weighted by Crippen LogP contribution is 2.27. The predicted molar refractivity (Wildman–Crippen MR) is 111 cm³/mol. The Balaban J connectivity index is 1.59. The van der Waals surface area contributed by atoms with Crippen LogP contribution in [0.2, 0.25) is 0 Å². The van der Waals surface area contributed by atoms with Gasteiger partial charge in [-0.1, -0.05) is 36.4 Å². The number of anilines is 1. The summed E-state index contributed by atoms with van der Waals surface area (Å²) in [4.78, 5) is 23.0. The number of hydrogen-bond donors (Lipinski definition) is 1. The number of hydrogen-bond acceptors (Lipinski definition) is 6. The number of amides is 1. The number of nitrogens with zero attached hydrogens (tertiary/aromatic N) is 3. The van der Waals surface area contributed by atoms with Gasteiger partial charge in [-0.05, 0) is 23.3 Å². The van der Waals surface area contributed by atoms with Crippen LogP contribution in [0.3, 0.4) is 0 Å². The summed E-state index contributed by atoms with van der Waals surface area (Å²) in [6.45, 7) is 1.05. The lowest BCUT2D eigenvalue weighted by Crippen LogP contribution is -2.24. The number of benzene rings is 2. The van der Waals surface area contributed by atoms with Crippen LogP contribution in [0.15, 0.2) is 60.9 Å². The Morgan fingerprint density at radius 3 is 2.38 bits per heavy atom. The van der Waals surface area contributed by atoms with Crippen molar-refractivity contribution < 1.29 is 14.3 Å². The fraction of sp³-hybridized carbons (Fsp3) is 0.227. The summed E-state index contributed by atoms with van der Waals surface area (Å²) in [5.41, 5.74) is 2.33. The molecule has 29 heavy (non-hydrogen) atoms. The monoisotopic (exact) mass is 392 g/mol. The van der Waals surface area contributed by atoms with Gasteiger partial charge in [0.2, 0.25) is 0 Å². The van der Waals surface area contributed by atoms with Crippen molar-refractivity contribution in [2.45, 2.75) is 13.1 Å². The van der Waals surface area contributed by atoms with E-state index in [1.165, 1.54) is 11.8 Å². The largest absolute Gasteiger partial charge is 0.493 e. The summed E-state index contributed by atoms with van der Waals surface area (Å²) in [5, 5.41) is 2.84. The van der Waals surface area contributed by atoms with E-state index in [4.69, 9.17) is 9.47 Å². The van der Waals surface area contributed by atoms with Crippen LogP contribution in [0.1, 0.15) is 21.6 Å². The molecule has 0 spiro atoms. The first kappa shape index (κ1) is 20.1. The molecule has 3 aromatic rings. The van der Waals surface area contributed by atoms with Crippen LogP contribution < -0.4 is 19.7 Å². The van der Waals surface area contributed by atoms with E-state index in [1.54, 1.807) is 26.5 Å². The lowest BCUT2D eigenvalue weighted by molar-refractivity contribution is 0.0945. The van der Waals surface area contributed by atoms with Crippen molar-refractivity contribution in [2.24, 2.45) is 0 Å². The molecule has 0 bridgehead atoms. The molecule has 0 unspecified atom stereocenters. The summed E-state index contributed by atoms with van der Waals surface area (Å²) in [6.07, 6.45) is 3.09. The Bertz CT molecular complexity index is 946. The van der Waals surface area contributed by atoms with Gasteiger partial charge in [0.05, 0.1) is 26.6 Å². The van der Waals surface area contributed by atoms with E-state index in [1.807, 2.05) is 42.3 Å². The zero-order valence-electron chi connectivity index (χ0n) is 16.8. The maximum atomic E-state index is 12.4. The Hall–Kier alpha value is -3.61. The quantitative estimate of drug-likeness (QED) is 0.635. The highest BCUT2D eigenvalue weighted by Gasteiger charge is 2.11. The van der Waals surface area contributed by atoms with Gasteiger partial charge in [0.1, 0.15) is 11.5 Å². The summed E-state index contributed by atoms with van der Waals surface area (Å²) in [7, 11) is 5.10. The summed E-state index contributed by atoms with van der Waals surface area (Å²) >= 11 is 0. The molecule has 3 rings (SSSR count). The number of rotatable bonds is 8. The number of nitrogens with one attached hydrogen (secondary N) is 1. The van der Waals surface area contributed by atoms with Gasteiger partial charge < -0.3 is 19.7 Å². The van der Waals surface area contributed by atoms with Crippen LogP contribution in [0.4, 0.5) is 5.82 Å². The molecule has 0 aliphatic rings. The van der Waals surface area contributed by atoms with E-state index in [0.717, 1.165) is 5.56 Å². The van der Waals surface area contributed by atoms with Crippen molar-refractivity contribution in [1.82, 2.24) is 15.3 Å². The molecule has 0 aliphatic carbocycles. The van der Waals surface area contributed by atoms with Crippen molar-refractivity contribution in [3.8, 4) is 11.5 Å². The standard InChI is InChI=1S/C22H24N4O3/c1-26(15-16-7-5-4-6-8-16)21-14-23-18(13-24-21)22(27)25-12-17-9-10-19(28-2)20(11-17)29-3/h4-11,13-14H,12,15H2,1-3H3,(H,25,27). The smallest absolute Gasteiger partial charge is 0.271 e. The molecule has 0 fully saturated rings. The van der Waals surface area contributed by atoms with Gasteiger partial charge in [-0.2, -0.15) is 0 Å². The predicted octanol–water partition coefficient (Wildman–Crippen LogP) is 3.06. The van der Waals surface area contributed by atoms with Crippen molar-refractivity contribution in [3.63, 3.8) is 0 Å². The molecule has 150 valence electrons. The third-order valence-electron chi connectivity index (χ3n) is 4.43. The Morgan fingerprint density at radius 1 is 0.966 bits per heavy atom. The van der Waals surface area contributed by atoms with Gasteiger partial charge in [-0.3, -0.25) is 4.79 Å². The van der Waals surface area contributed by atoms with E-state index in [9.17, 15) is 4.79 Å². The summed E-state index contributed by atoms with van der Waals surface area (Å²) in [6, 6.07) is 15.6. The molecule has 0 aliphatic heterocycles. The lowest BCUT2D eigenvalue weighted by atomic mass is 10.2. The third-order valence-corrected chi connectivity index (χ3v) is 4.43. The van der Waals surface area contributed by atoms with E-state index in [0.29, 0.717) is 30.4 Å². The lowest BCUT2D eigenvalue weighted by Gasteiger charge is -2.17. The van der Waals surface area contributed by atoms with Crippen molar-refractivity contribution in [2.75, 3.05) is 26.2 Å². The molecule has 1 heterocycles. The van der Waals surface area contributed by atoms with Gasteiger partial charge in [0.15, 0.2) is 11.5 Å². The Labute approximate surface area is 170 Å². The van der Waals surface area contributed by atoms with Gasteiger partial charge in [0.25, 0.3) is 5.91 Å². The molecule has 1 aromatic heterocycles. The maximum Gasteiger partial charge on any atom is 0.271 e. The van der Waals surface area contributed by atoms with E-state index in [2.05, 4.69) is 27.4 Å². The van der Waals surface area contributed by atoms with Gasteiger partial charge >= 0.3 is 0 Å². The molecule has 7 heteroatoms. The zero-order valence-corrected chi connectivity index (χ0v) is 16.8. The average molecular weight is 392 g/mol. The number of carbonyl (C=O) groups excluding carboxylic acids is 1. The Kier molecular flexibility index (Phi) is 6.63. The van der Waals surface area contributed by atoms with Gasteiger partial charge in [-0.25, -0.2) is 9.97 Å². The molecule has 1 amide bonds. The molecule has 0 saturated heterocycles. The fourth-order valence-corrected chi connectivity index (χ4v) is 2.84. The molecule has 0 saturated carbocycles. The Morgan fingerprint density at radius 2 is 1.72 bits per heavy atom. The van der Waals surface area contributed by atoms with Crippen LogP contribution in [0.5, 0.6) is 11.5 Å². The minimum Gasteiger partial charge on any atom is -0.493 e.